The molecule has 0 bridgehead atoms. The fourth-order valence-electron chi connectivity index (χ4n) is 1.61. The highest BCUT2D eigenvalue weighted by atomic mass is 35.5. The summed E-state index contributed by atoms with van der Waals surface area (Å²) in [4.78, 5) is 4.15. The molecule has 16 heavy (non-hydrogen) atoms. The highest BCUT2D eigenvalue weighted by Crippen LogP contribution is 2.11. The van der Waals surface area contributed by atoms with Crippen LogP contribution in [0.2, 0.25) is 5.02 Å². The molecule has 1 aromatic carbocycles. The van der Waals surface area contributed by atoms with Gasteiger partial charge in [-0.1, -0.05) is 23.7 Å². The fraction of sp³-hybridized carbons (Fsp3) is 0.250. The highest BCUT2D eigenvalue weighted by Gasteiger charge is 2.01. The second-order valence-electron chi connectivity index (χ2n) is 3.67. The van der Waals surface area contributed by atoms with E-state index in [0.29, 0.717) is 0 Å². The lowest BCUT2D eigenvalue weighted by Crippen LogP contribution is -2.11. The summed E-state index contributed by atoms with van der Waals surface area (Å²) in [6.07, 6.45) is 3.73. The molecule has 0 spiro atoms. The van der Waals surface area contributed by atoms with Crippen molar-refractivity contribution in [2.24, 2.45) is 0 Å². The number of hydrogen-bond acceptors (Lipinski definition) is 2. The Morgan fingerprint density at radius 3 is 2.75 bits per heavy atom. The van der Waals surface area contributed by atoms with E-state index in [-0.39, 0.29) is 0 Å². The van der Waals surface area contributed by atoms with Crippen molar-refractivity contribution in [3.05, 3.63) is 53.1 Å². The third-order valence-electron chi connectivity index (χ3n) is 2.42. The van der Waals surface area contributed by atoms with Crippen molar-refractivity contribution in [2.45, 2.75) is 13.1 Å². The summed E-state index contributed by atoms with van der Waals surface area (Å²) in [7, 11) is 1.93. The van der Waals surface area contributed by atoms with Crippen LogP contribution < -0.4 is 5.32 Å². The first-order valence-electron chi connectivity index (χ1n) is 5.17. The van der Waals surface area contributed by atoms with Crippen LogP contribution in [0.25, 0.3) is 0 Å². The van der Waals surface area contributed by atoms with Crippen LogP contribution in [0, 0.1) is 0 Å². The minimum Gasteiger partial charge on any atom is -0.329 e. The van der Waals surface area contributed by atoms with Crippen LogP contribution in [-0.4, -0.2) is 16.6 Å². The van der Waals surface area contributed by atoms with Crippen molar-refractivity contribution >= 4 is 11.6 Å². The van der Waals surface area contributed by atoms with Gasteiger partial charge in [-0.15, -0.1) is 0 Å². The molecule has 0 aliphatic rings. The monoisotopic (exact) mass is 235 g/mol. The van der Waals surface area contributed by atoms with E-state index in [2.05, 4.69) is 14.9 Å². The number of aromatic nitrogens is 2. The van der Waals surface area contributed by atoms with E-state index in [1.807, 2.05) is 43.8 Å². The molecule has 0 atom stereocenters. The Labute approximate surface area is 100 Å². The molecular formula is C12H14ClN3. The van der Waals surface area contributed by atoms with Crippen molar-refractivity contribution in [3.63, 3.8) is 0 Å². The standard InChI is InChI=1S/C12H14ClN3/c1-14-6-12-7-15-9-16(12)8-10-2-4-11(13)5-3-10/h2-5,7,9,14H,6,8H2,1H3. The van der Waals surface area contributed by atoms with Gasteiger partial charge in [-0.05, 0) is 24.7 Å². The summed E-state index contributed by atoms with van der Waals surface area (Å²) < 4.78 is 2.12. The van der Waals surface area contributed by atoms with Crippen molar-refractivity contribution in [3.8, 4) is 0 Å². The summed E-state index contributed by atoms with van der Waals surface area (Å²) in [6, 6.07) is 7.88. The molecule has 0 aliphatic heterocycles. The summed E-state index contributed by atoms with van der Waals surface area (Å²) in [5, 5.41) is 3.89. The molecule has 0 aliphatic carbocycles. The van der Waals surface area contributed by atoms with Crippen molar-refractivity contribution in [2.75, 3.05) is 7.05 Å². The molecule has 0 radical (unpaired) electrons. The SMILES string of the molecule is CNCc1cncn1Cc1ccc(Cl)cc1. The largest absolute Gasteiger partial charge is 0.329 e. The molecule has 2 rings (SSSR count). The molecule has 0 amide bonds. The lowest BCUT2D eigenvalue weighted by molar-refractivity contribution is 0.693. The maximum atomic E-state index is 5.85. The molecule has 0 fully saturated rings. The molecule has 3 nitrogen and oxygen atoms in total. The van der Waals surface area contributed by atoms with E-state index in [9.17, 15) is 0 Å². The van der Waals surface area contributed by atoms with Crippen molar-refractivity contribution in [1.82, 2.24) is 14.9 Å². The average molecular weight is 236 g/mol. The predicted octanol–water partition coefficient (Wildman–Crippen LogP) is 2.30. The van der Waals surface area contributed by atoms with Crippen LogP contribution in [0.4, 0.5) is 0 Å². The minimum absolute atomic E-state index is 0.768. The van der Waals surface area contributed by atoms with Crippen molar-refractivity contribution in [1.29, 1.82) is 0 Å². The lowest BCUT2D eigenvalue weighted by Gasteiger charge is -2.07. The molecule has 1 N–H and O–H groups in total. The van der Waals surface area contributed by atoms with Crippen molar-refractivity contribution < 1.29 is 0 Å². The second kappa shape index (κ2) is 5.14. The average Bonchev–Trinajstić information content (AvgIpc) is 2.70. The normalized spacial score (nSPS) is 10.6. The van der Waals surface area contributed by atoms with Gasteiger partial charge in [0.05, 0.1) is 12.0 Å². The quantitative estimate of drug-likeness (QED) is 0.882. The fourth-order valence-corrected chi connectivity index (χ4v) is 1.73. The second-order valence-corrected chi connectivity index (χ2v) is 4.11. The Bertz CT molecular complexity index is 448. The van der Waals surface area contributed by atoms with Crippen LogP contribution in [0.3, 0.4) is 0 Å². The summed E-state index contributed by atoms with van der Waals surface area (Å²) >= 11 is 5.85. The van der Waals surface area contributed by atoms with E-state index in [1.54, 1.807) is 0 Å². The first kappa shape index (κ1) is 11.2. The number of imidazole rings is 1. The first-order valence-corrected chi connectivity index (χ1v) is 5.55. The number of nitrogens with one attached hydrogen (secondary N) is 1. The van der Waals surface area contributed by atoms with E-state index in [4.69, 9.17) is 11.6 Å². The highest BCUT2D eigenvalue weighted by molar-refractivity contribution is 6.30. The topological polar surface area (TPSA) is 29.9 Å². The van der Waals surface area contributed by atoms with Crippen LogP contribution in [0.5, 0.6) is 0 Å². The van der Waals surface area contributed by atoms with Gasteiger partial charge < -0.3 is 9.88 Å². The predicted molar refractivity (Wildman–Crippen MR) is 65.5 cm³/mol. The van der Waals surface area contributed by atoms with Gasteiger partial charge in [-0.3, -0.25) is 0 Å². The molecule has 1 heterocycles. The van der Waals surface area contributed by atoms with E-state index >= 15 is 0 Å². The van der Waals surface area contributed by atoms with Gasteiger partial charge in [0.2, 0.25) is 0 Å². The number of rotatable bonds is 4. The number of hydrogen-bond donors (Lipinski definition) is 1. The van der Waals surface area contributed by atoms with Gasteiger partial charge in [0.25, 0.3) is 0 Å². The molecule has 0 unspecified atom stereocenters. The number of benzene rings is 1. The van der Waals surface area contributed by atoms with Crippen LogP contribution in [0.15, 0.2) is 36.8 Å². The van der Waals surface area contributed by atoms with Crippen LogP contribution in [0.1, 0.15) is 11.3 Å². The zero-order valence-corrected chi connectivity index (χ0v) is 9.91. The Morgan fingerprint density at radius 1 is 1.31 bits per heavy atom. The third-order valence-corrected chi connectivity index (χ3v) is 2.67. The van der Waals surface area contributed by atoms with Gasteiger partial charge >= 0.3 is 0 Å². The van der Waals surface area contributed by atoms with Gasteiger partial charge in [-0.2, -0.15) is 0 Å². The first-order chi connectivity index (χ1) is 7.79. The Balaban J connectivity index is 2.13. The molecule has 0 saturated heterocycles. The number of nitrogens with zero attached hydrogens (tertiary/aromatic N) is 2. The lowest BCUT2D eigenvalue weighted by atomic mass is 10.2. The van der Waals surface area contributed by atoms with Crippen LogP contribution >= 0.6 is 11.6 Å². The molecule has 1 aromatic heterocycles. The van der Waals surface area contributed by atoms with E-state index in [1.165, 1.54) is 11.3 Å². The van der Waals surface area contributed by atoms with Crippen LogP contribution in [-0.2, 0) is 13.1 Å². The van der Waals surface area contributed by atoms with Gasteiger partial charge in [0.15, 0.2) is 0 Å². The summed E-state index contributed by atoms with van der Waals surface area (Å²) in [5.41, 5.74) is 2.40. The molecule has 4 heteroatoms. The summed E-state index contributed by atoms with van der Waals surface area (Å²) in [5.74, 6) is 0. The molecule has 0 saturated carbocycles. The minimum atomic E-state index is 0.768. The Hall–Kier alpha value is -1.32. The zero-order chi connectivity index (χ0) is 11.4. The van der Waals surface area contributed by atoms with Gasteiger partial charge in [0, 0.05) is 24.3 Å². The third kappa shape index (κ3) is 2.62. The molecular weight excluding hydrogens is 222 g/mol. The smallest absolute Gasteiger partial charge is 0.0951 e. The Kier molecular flexibility index (Phi) is 3.59. The zero-order valence-electron chi connectivity index (χ0n) is 9.15. The summed E-state index contributed by atoms with van der Waals surface area (Å²) in [6.45, 7) is 1.65. The maximum absolute atomic E-state index is 5.85. The molecule has 2 aromatic rings. The van der Waals surface area contributed by atoms with Gasteiger partial charge in [0.1, 0.15) is 0 Å². The maximum Gasteiger partial charge on any atom is 0.0951 e. The van der Waals surface area contributed by atoms with E-state index < -0.39 is 0 Å². The number of halogens is 1. The Morgan fingerprint density at radius 2 is 2.06 bits per heavy atom. The molecule has 84 valence electrons. The van der Waals surface area contributed by atoms with E-state index in [0.717, 1.165) is 18.1 Å². The van der Waals surface area contributed by atoms with Gasteiger partial charge in [-0.25, -0.2) is 4.98 Å².